The Morgan fingerprint density at radius 2 is 2.04 bits per heavy atom. The van der Waals surface area contributed by atoms with Gasteiger partial charge in [0.15, 0.2) is 0 Å². The van der Waals surface area contributed by atoms with Crippen LogP contribution in [0, 0.1) is 0 Å². The standard InChI is InChI=1S/C19H18ClN3O3S/c20-11-6-7-15(27)13(10-11)17(24)22-14-5-3-4-12-16(14)19(26)23(18(12)25)9-2-1-8-21/h3-6,10H,1-2,7-9,21H2,(H,22,24). The predicted octanol–water partition coefficient (Wildman–Crippen LogP) is 2.78. The smallest absolute Gasteiger partial charge is 0.263 e. The lowest BCUT2D eigenvalue weighted by atomic mass is 10.0. The number of nitrogens with one attached hydrogen (secondary N) is 1. The monoisotopic (exact) mass is 403 g/mol. The van der Waals surface area contributed by atoms with E-state index in [2.05, 4.69) is 5.32 Å². The van der Waals surface area contributed by atoms with Gasteiger partial charge in [-0.1, -0.05) is 36.0 Å². The fourth-order valence-corrected chi connectivity index (χ4v) is 3.44. The van der Waals surface area contributed by atoms with Crippen molar-refractivity contribution < 1.29 is 14.4 Å². The van der Waals surface area contributed by atoms with Gasteiger partial charge in [0.05, 0.1) is 22.4 Å². The van der Waals surface area contributed by atoms with Crippen LogP contribution in [0.4, 0.5) is 5.69 Å². The van der Waals surface area contributed by atoms with Gasteiger partial charge in [0, 0.05) is 22.9 Å². The fourth-order valence-electron chi connectivity index (χ4n) is 3.01. The summed E-state index contributed by atoms with van der Waals surface area (Å²) in [6.45, 7) is 0.795. The summed E-state index contributed by atoms with van der Waals surface area (Å²) >= 11 is 11.2. The Morgan fingerprint density at radius 1 is 1.26 bits per heavy atom. The molecule has 3 N–H and O–H groups in total. The average Bonchev–Trinajstić information content (AvgIpc) is 2.89. The Kier molecular flexibility index (Phi) is 5.84. The van der Waals surface area contributed by atoms with Crippen molar-refractivity contribution in [1.29, 1.82) is 0 Å². The Bertz CT molecular complexity index is 907. The summed E-state index contributed by atoms with van der Waals surface area (Å²) in [7, 11) is 0. The van der Waals surface area contributed by atoms with E-state index in [0.29, 0.717) is 35.8 Å². The molecule has 3 amide bonds. The summed E-state index contributed by atoms with van der Waals surface area (Å²) in [5, 5.41) is 3.14. The molecule has 0 atom stereocenters. The minimum Gasteiger partial charge on any atom is -0.330 e. The number of nitrogens with zero attached hydrogens (tertiary/aromatic N) is 1. The van der Waals surface area contributed by atoms with E-state index in [0.717, 1.165) is 6.42 Å². The van der Waals surface area contributed by atoms with Crippen LogP contribution in [0.2, 0.25) is 0 Å². The molecule has 0 radical (unpaired) electrons. The van der Waals surface area contributed by atoms with Crippen molar-refractivity contribution in [2.45, 2.75) is 19.3 Å². The highest BCUT2D eigenvalue weighted by atomic mass is 35.5. The molecule has 1 heterocycles. The number of allylic oxidation sites excluding steroid dienone is 3. The van der Waals surface area contributed by atoms with Crippen molar-refractivity contribution in [1.82, 2.24) is 4.90 Å². The van der Waals surface area contributed by atoms with Gasteiger partial charge in [0.1, 0.15) is 0 Å². The van der Waals surface area contributed by atoms with Crippen LogP contribution in [0.5, 0.6) is 0 Å². The number of fused-ring (bicyclic) bond motifs is 1. The molecule has 8 heteroatoms. The van der Waals surface area contributed by atoms with Crippen LogP contribution in [-0.4, -0.2) is 40.6 Å². The molecule has 3 rings (SSSR count). The number of hydrogen-bond donors (Lipinski definition) is 2. The van der Waals surface area contributed by atoms with Crippen LogP contribution >= 0.6 is 23.8 Å². The van der Waals surface area contributed by atoms with Gasteiger partial charge in [0.25, 0.3) is 17.7 Å². The number of hydrogen-bond acceptors (Lipinski definition) is 5. The maximum absolute atomic E-state index is 12.7. The number of imide groups is 1. The Morgan fingerprint density at radius 3 is 2.78 bits per heavy atom. The van der Waals surface area contributed by atoms with Gasteiger partial charge in [-0.15, -0.1) is 0 Å². The predicted molar refractivity (Wildman–Crippen MR) is 108 cm³/mol. The normalized spacial score (nSPS) is 16.2. The van der Waals surface area contributed by atoms with E-state index in [1.807, 2.05) is 0 Å². The van der Waals surface area contributed by atoms with Gasteiger partial charge in [-0.3, -0.25) is 19.3 Å². The summed E-state index contributed by atoms with van der Waals surface area (Å²) < 4.78 is 0. The first-order chi connectivity index (χ1) is 12.9. The Balaban J connectivity index is 1.85. The number of amides is 3. The number of rotatable bonds is 6. The van der Waals surface area contributed by atoms with Crippen molar-refractivity contribution in [3.63, 3.8) is 0 Å². The van der Waals surface area contributed by atoms with Crippen LogP contribution in [0.3, 0.4) is 0 Å². The zero-order valence-electron chi connectivity index (χ0n) is 14.5. The van der Waals surface area contributed by atoms with E-state index in [4.69, 9.17) is 29.6 Å². The third-order valence-corrected chi connectivity index (χ3v) is 5.04. The number of nitrogens with two attached hydrogens (primary N) is 1. The Hall–Kier alpha value is -2.35. The maximum Gasteiger partial charge on any atom is 0.263 e. The second-order valence-corrected chi connectivity index (χ2v) is 7.14. The molecular weight excluding hydrogens is 386 g/mol. The van der Waals surface area contributed by atoms with E-state index in [9.17, 15) is 14.4 Å². The van der Waals surface area contributed by atoms with Gasteiger partial charge in [-0.2, -0.15) is 0 Å². The lowest BCUT2D eigenvalue weighted by Gasteiger charge is -2.15. The number of anilines is 1. The molecule has 0 fully saturated rings. The van der Waals surface area contributed by atoms with Gasteiger partial charge in [-0.25, -0.2) is 0 Å². The molecule has 2 aliphatic rings. The van der Waals surface area contributed by atoms with Crippen molar-refractivity contribution in [2.24, 2.45) is 5.73 Å². The van der Waals surface area contributed by atoms with Crippen molar-refractivity contribution in [3.05, 3.63) is 52.1 Å². The van der Waals surface area contributed by atoms with Crippen LogP contribution < -0.4 is 11.1 Å². The lowest BCUT2D eigenvalue weighted by Crippen LogP contribution is -2.31. The van der Waals surface area contributed by atoms with Gasteiger partial charge in [-0.05, 0) is 37.6 Å². The number of carbonyl (C=O) groups is 3. The maximum atomic E-state index is 12.7. The molecule has 1 aromatic rings. The zero-order valence-corrected chi connectivity index (χ0v) is 16.0. The van der Waals surface area contributed by atoms with E-state index < -0.39 is 11.8 Å². The fraction of sp³-hybridized carbons (Fsp3) is 0.263. The first kappa shape index (κ1) is 19.4. The molecule has 27 heavy (non-hydrogen) atoms. The molecule has 0 saturated heterocycles. The summed E-state index contributed by atoms with van der Waals surface area (Å²) in [6.07, 6.45) is 4.99. The molecule has 1 aliphatic heterocycles. The van der Waals surface area contributed by atoms with Gasteiger partial charge >= 0.3 is 0 Å². The highest BCUT2D eigenvalue weighted by Crippen LogP contribution is 2.30. The topological polar surface area (TPSA) is 92.5 Å². The van der Waals surface area contributed by atoms with E-state index >= 15 is 0 Å². The molecule has 1 aliphatic carbocycles. The highest BCUT2D eigenvalue weighted by molar-refractivity contribution is 7.81. The highest BCUT2D eigenvalue weighted by Gasteiger charge is 2.37. The molecule has 0 aromatic heterocycles. The molecule has 0 spiro atoms. The number of thiocarbonyl (C=S) groups is 1. The summed E-state index contributed by atoms with van der Waals surface area (Å²) in [6, 6.07) is 4.80. The number of halogens is 1. The zero-order chi connectivity index (χ0) is 19.6. The first-order valence-electron chi connectivity index (χ1n) is 8.55. The average molecular weight is 404 g/mol. The van der Waals surface area contributed by atoms with Crippen LogP contribution in [0.15, 0.2) is 41.0 Å². The minimum atomic E-state index is -0.457. The molecule has 0 bridgehead atoms. The molecular formula is C19H18ClN3O3S. The Labute approximate surface area is 167 Å². The van der Waals surface area contributed by atoms with Gasteiger partial charge in [0.2, 0.25) is 0 Å². The summed E-state index contributed by atoms with van der Waals surface area (Å²) in [5.41, 5.74) is 6.52. The van der Waals surface area contributed by atoms with Crippen LogP contribution in [-0.2, 0) is 4.79 Å². The van der Waals surface area contributed by atoms with Crippen molar-refractivity contribution in [3.8, 4) is 0 Å². The third-order valence-electron chi connectivity index (χ3n) is 4.39. The van der Waals surface area contributed by atoms with E-state index in [1.54, 1.807) is 24.3 Å². The van der Waals surface area contributed by atoms with Crippen LogP contribution in [0.1, 0.15) is 40.0 Å². The van der Waals surface area contributed by atoms with E-state index in [1.165, 1.54) is 11.0 Å². The SMILES string of the molecule is NCCCCN1C(=O)c2cccc(NC(=O)C3=CC(Cl)=CCC3=S)c2C1=O. The molecule has 0 unspecified atom stereocenters. The second kappa shape index (κ2) is 8.12. The summed E-state index contributed by atoms with van der Waals surface area (Å²) in [4.78, 5) is 39.6. The van der Waals surface area contributed by atoms with Crippen LogP contribution in [0.25, 0.3) is 0 Å². The third kappa shape index (κ3) is 3.85. The molecule has 140 valence electrons. The number of carbonyl (C=O) groups excluding carboxylic acids is 3. The number of unbranched alkanes of at least 4 members (excludes halogenated alkanes) is 1. The lowest BCUT2D eigenvalue weighted by molar-refractivity contribution is -0.112. The quantitative estimate of drug-likeness (QED) is 0.433. The number of benzene rings is 1. The molecule has 6 nitrogen and oxygen atoms in total. The minimum absolute atomic E-state index is 0.201. The molecule has 0 saturated carbocycles. The first-order valence-corrected chi connectivity index (χ1v) is 9.34. The van der Waals surface area contributed by atoms with Crippen molar-refractivity contribution >= 4 is 52.1 Å². The van der Waals surface area contributed by atoms with E-state index in [-0.39, 0.29) is 28.3 Å². The summed E-state index contributed by atoms with van der Waals surface area (Å²) in [5.74, 6) is -1.23. The largest absolute Gasteiger partial charge is 0.330 e. The van der Waals surface area contributed by atoms with Crippen molar-refractivity contribution in [2.75, 3.05) is 18.4 Å². The van der Waals surface area contributed by atoms with Gasteiger partial charge < -0.3 is 11.1 Å². The second-order valence-electron chi connectivity index (χ2n) is 6.21. The molecule has 1 aromatic carbocycles.